The van der Waals surface area contributed by atoms with Gasteiger partial charge < -0.3 is 5.32 Å². The van der Waals surface area contributed by atoms with Crippen molar-refractivity contribution < 1.29 is 13.2 Å². The number of thiazole rings is 1. The van der Waals surface area contributed by atoms with E-state index in [1.165, 1.54) is 6.20 Å². The summed E-state index contributed by atoms with van der Waals surface area (Å²) in [5, 5.41) is 2.39. The van der Waals surface area contributed by atoms with E-state index in [2.05, 4.69) is 15.3 Å². The van der Waals surface area contributed by atoms with E-state index in [4.69, 9.17) is 0 Å². The van der Waals surface area contributed by atoms with Gasteiger partial charge in [-0.2, -0.15) is 13.2 Å². The normalized spacial score (nSPS) is 13.4. The molecule has 0 fully saturated rings. The van der Waals surface area contributed by atoms with Crippen LogP contribution in [0.2, 0.25) is 0 Å². The molecule has 1 atom stereocenters. The summed E-state index contributed by atoms with van der Waals surface area (Å²) < 4.78 is 38.1. The van der Waals surface area contributed by atoms with Gasteiger partial charge >= 0.3 is 6.18 Å². The van der Waals surface area contributed by atoms with Gasteiger partial charge in [-0.3, -0.25) is 4.98 Å². The molecule has 0 spiro atoms. The minimum absolute atomic E-state index is 0.302. The van der Waals surface area contributed by atoms with Crippen LogP contribution in [0, 0.1) is 13.8 Å². The first-order valence-electron chi connectivity index (χ1n) is 6.52. The molecule has 0 aliphatic heterocycles. The van der Waals surface area contributed by atoms with Crippen molar-refractivity contribution in [1.29, 1.82) is 0 Å². The van der Waals surface area contributed by atoms with Gasteiger partial charge in [-0.05, 0) is 38.1 Å². The van der Waals surface area contributed by atoms with Crippen molar-refractivity contribution in [2.75, 3.05) is 6.54 Å². The van der Waals surface area contributed by atoms with Crippen LogP contribution < -0.4 is 5.32 Å². The first-order valence-corrected chi connectivity index (χ1v) is 7.34. The van der Waals surface area contributed by atoms with Crippen LogP contribution in [0.4, 0.5) is 13.2 Å². The van der Waals surface area contributed by atoms with Gasteiger partial charge in [-0.25, -0.2) is 4.98 Å². The van der Waals surface area contributed by atoms with Crippen LogP contribution in [-0.2, 0) is 6.18 Å². The Labute approximate surface area is 125 Å². The smallest absolute Gasteiger partial charge is 0.306 e. The number of alkyl halides is 3. The van der Waals surface area contributed by atoms with Crippen LogP contribution in [0.15, 0.2) is 18.3 Å². The molecule has 0 radical (unpaired) electrons. The van der Waals surface area contributed by atoms with Crippen LogP contribution in [0.25, 0.3) is 0 Å². The van der Waals surface area contributed by atoms with Gasteiger partial charge in [-0.1, -0.05) is 6.92 Å². The standard InChI is InChI=1S/C14H16F3N3S/c1-4-18-12(10-5-8(2)20-9(3)6-10)11-7-19-13(21-11)14(15,16)17/h5-7,12,18H,4H2,1-3H3. The SMILES string of the molecule is CCNC(c1cc(C)nc(C)c1)c1cnc(C(F)(F)F)s1. The fourth-order valence-electron chi connectivity index (χ4n) is 2.17. The van der Waals surface area contributed by atoms with Crippen molar-refractivity contribution in [2.24, 2.45) is 0 Å². The number of hydrogen-bond acceptors (Lipinski definition) is 4. The molecule has 0 aliphatic carbocycles. The topological polar surface area (TPSA) is 37.8 Å². The van der Waals surface area contributed by atoms with Gasteiger partial charge in [0, 0.05) is 22.5 Å². The van der Waals surface area contributed by atoms with Crippen molar-refractivity contribution in [3.05, 3.63) is 45.2 Å². The lowest BCUT2D eigenvalue weighted by Crippen LogP contribution is -2.21. The molecule has 0 saturated carbocycles. The van der Waals surface area contributed by atoms with E-state index < -0.39 is 11.2 Å². The molecule has 1 unspecified atom stereocenters. The molecule has 7 heteroatoms. The molecule has 0 saturated heterocycles. The third-order valence-electron chi connectivity index (χ3n) is 2.90. The summed E-state index contributed by atoms with van der Waals surface area (Å²) in [6, 6.07) is 3.46. The summed E-state index contributed by atoms with van der Waals surface area (Å²) in [4.78, 5) is 8.34. The average molecular weight is 315 g/mol. The average Bonchev–Trinajstić information content (AvgIpc) is 2.83. The minimum atomic E-state index is -4.40. The van der Waals surface area contributed by atoms with Crippen LogP contribution in [0.3, 0.4) is 0 Å². The lowest BCUT2D eigenvalue weighted by atomic mass is 10.0. The van der Waals surface area contributed by atoms with Gasteiger partial charge in [0.05, 0.1) is 6.04 Å². The van der Waals surface area contributed by atoms with Crippen molar-refractivity contribution >= 4 is 11.3 Å². The maximum Gasteiger partial charge on any atom is 0.443 e. The number of nitrogens with zero attached hydrogens (tertiary/aromatic N) is 2. The Morgan fingerprint density at radius 1 is 1.24 bits per heavy atom. The predicted octanol–water partition coefficient (Wildman–Crippen LogP) is 3.87. The molecule has 3 nitrogen and oxygen atoms in total. The van der Waals surface area contributed by atoms with Crippen LogP contribution >= 0.6 is 11.3 Å². The number of rotatable bonds is 4. The van der Waals surface area contributed by atoms with Crippen molar-refractivity contribution in [3.63, 3.8) is 0 Å². The second kappa shape index (κ2) is 6.11. The van der Waals surface area contributed by atoms with E-state index in [0.717, 1.165) is 17.0 Å². The summed E-state index contributed by atoms with van der Waals surface area (Å²) in [5.41, 5.74) is 2.58. The Hall–Kier alpha value is -1.47. The largest absolute Gasteiger partial charge is 0.443 e. The van der Waals surface area contributed by atoms with Gasteiger partial charge in [0.1, 0.15) is 0 Å². The molecule has 0 bridgehead atoms. The molecule has 2 aromatic heterocycles. The third-order valence-corrected chi connectivity index (χ3v) is 4.00. The highest BCUT2D eigenvalue weighted by Crippen LogP contribution is 2.36. The highest BCUT2D eigenvalue weighted by Gasteiger charge is 2.35. The second-order valence-electron chi connectivity index (χ2n) is 4.74. The highest BCUT2D eigenvalue weighted by molar-refractivity contribution is 7.11. The molecule has 21 heavy (non-hydrogen) atoms. The zero-order chi connectivity index (χ0) is 15.6. The number of aromatic nitrogens is 2. The molecule has 2 heterocycles. The van der Waals surface area contributed by atoms with Gasteiger partial charge in [0.15, 0.2) is 5.01 Å². The molecule has 1 N–H and O–H groups in total. The van der Waals surface area contributed by atoms with Gasteiger partial charge in [0.25, 0.3) is 0 Å². The Kier molecular flexibility index (Phi) is 4.63. The zero-order valence-corrected chi connectivity index (χ0v) is 12.8. The molecule has 0 amide bonds. The monoisotopic (exact) mass is 315 g/mol. The number of nitrogens with one attached hydrogen (secondary N) is 1. The van der Waals surface area contributed by atoms with E-state index in [1.54, 1.807) is 0 Å². The van der Waals surface area contributed by atoms with Crippen LogP contribution in [0.1, 0.15) is 39.8 Å². The summed E-state index contributed by atoms with van der Waals surface area (Å²) in [7, 11) is 0. The lowest BCUT2D eigenvalue weighted by Gasteiger charge is -2.17. The van der Waals surface area contributed by atoms with Crippen molar-refractivity contribution in [2.45, 2.75) is 33.0 Å². The lowest BCUT2D eigenvalue weighted by molar-refractivity contribution is -0.137. The Balaban J connectivity index is 2.41. The highest BCUT2D eigenvalue weighted by atomic mass is 32.1. The zero-order valence-electron chi connectivity index (χ0n) is 12.0. The summed E-state index contributed by atoms with van der Waals surface area (Å²) >= 11 is 0.675. The second-order valence-corrected chi connectivity index (χ2v) is 5.80. The van der Waals surface area contributed by atoms with Gasteiger partial charge in [-0.15, -0.1) is 11.3 Å². The molecule has 2 aromatic rings. The minimum Gasteiger partial charge on any atom is -0.306 e. The summed E-state index contributed by atoms with van der Waals surface area (Å²) in [6.45, 7) is 6.30. The Morgan fingerprint density at radius 3 is 2.33 bits per heavy atom. The third kappa shape index (κ3) is 3.79. The molecule has 2 rings (SSSR count). The first-order chi connectivity index (χ1) is 9.81. The van der Waals surface area contributed by atoms with Crippen LogP contribution in [-0.4, -0.2) is 16.5 Å². The van der Waals surface area contributed by atoms with Crippen molar-refractivity contribution in [1.82, 2.24) is 15.3 Å². The molecular formula is C14H16F3N3S. The van der Waals surface area contributed by atoms with E-state index in [-0.39, 0.29) is 6.04 Å². The molecule has 114 valence electrons. The summed E-state index contributed by atoms with van der Waals surface area (Å²) in [6.07, 6.45) is -3.10. The Morgan fingerprint density at radius 2 is 1.86 bits per heavy atom. The number of aryl methyl sites for hydroxylation is 2. The van der Waals surface area contributed by atoms with Gasteiger partial charge in [0.2, 0.25) is 0 Å². The first kappa shape index (κ1) is 15.9. The number of hydrogen-bond donors (Lipinski definition) is 1. The molecule has 0 aromatic carbocycles. The number of pyridine rings is 1. The maximum absolute atomic E-state index is 12.7. The fourth-order valence-corrected chi connectivity index (χ4v) is 3.06. The Bertz CT molecular complexity index is 602. The fraction of sp³-hybridized carbons (Fsp3) is 0.429. The number of halogens is 3. The predicted molar refractivity (Wildman–Crippen MR) is 76.3 cm³/mol. The van der Waals surface area contributed by atoms with E-state index in [1.807, 2.05) is 32.9 Å². The van der Waals surface area contributed by atoms with Crippen LogP contribution in [0.5, 0.6) is 0 Å². The quantitative estimate of drug-likeness (QED) is 0.930. The van der Waals surface area contributed by atoms with Crippen molar-refractivity contribution in [3.8, 4) is 0 Å². The maximum atomic E-state index is 12.7. The molecular weight excluding hydrogens is 299 g/mol. The van der Waals surface area contributed by atoms with E-state index >= 15 is 0 Å². The summed E-state index contributed by atoms with van der Waals surface area (Å²) in [5.74, 6) is 0. The van der Waals surface area contributed by atoms with E-state index in [0.29, 0.717) is 22.8 Å². The van der Waals surface area contributed by atoms with E-state index in [9.17, 15) is 13.2 Å². The molecule has 0 aliphatic rings.